The molecule has 0 radical (unpaired) electrons. The molecule has 1 aliphatic rings. The van der Waals surface area contributed by atoms with Crippen LogP contribution in [0.1, 0.15) is 13.3 Å². The van der Waals surface area contributed by atoms with E-state index in [0.29, 0.717) is 19.5 Å². The molecule has 0 bridgehead atoms. The van der Waals surface area contributed by atoms with Crippen molar-refractivity contribution in [2.24, 2.45) is 0 Å². The van der Waals surface area contributed by atoms with Crippen molar-refractivity contribution in [1.29, 1.82) is 0 Å². The van der Waals surface area contributed by atoms with Gasteiger partial charge in [-0.05, 0) is 18.6 Å². The number of carbonyl (C=O) groups excluding carboxylic acids is 1. The van der Waals surface area contributed by atoms with Gasteiger partial charge >= 0.3 is 0 Å². The molecule has 0 aromatic heterocycles. The van der Waals surface area contributed by atoms with Gasteiger partial charge in [-0.25, -0.2) is 8.78 Å². The summed E-state index contributed by atoms with van der Waals surface area (Å²) in [5.74, 6) is -2.14. The summed E-state index contributed by atoms with van der Waals surface area (Å²) in [6, 6.07) is 1.78. The van der Waals surface area contributed by atoms with Crippen LogP contribution >= 0.6 is 0 Å². The summed E-state index contributed by atoms with van der Waals surface area (Å²) < 4.78 is 27.1. The van der Waals surface area contributed by atoms with E-state index in [4.69, 9.17) is 5.73 Å². The Kier molecular flexibility index (Phi) is 3.36. The number of carbonyl (C=O) groups is 1. The van der Waals surface area contributed by atoms with E-state index in [1.165, 1.54) is 11.0 Å². The van der Waals surface area contributed by atoms with E-state index in [2.05, 4.69) is 5.32 Å². The van der Waals surface area contributed by atoms with E-state index >= 15 is 0 Å². The molecule has 2 rings (SSSR count). The summed E-state index contributed by atoms with van der Waals surface area (Å²) in [6.07, 6.45) is 0.501. The molecule has 6 heteroatoms. The predicted octanol–water partition coefficient (Wildman–Crippen LogP) is 1.26. The minimum Gasteiger partial charge on any atom is -0.397 e. The monoisotopic (exact) mass is 255 g/mol. The maximum atomic E-state index is 13.9. The molecular formula is C12H15F2N3O. The SMILES string of the molecule is CCC1C(=O)NCCN1c1c(N)ccc(F)c1F. The number of nitrogens with one attached hydrogen (secondary N) is 1. The van der Waals surface area contributed by atoms with Gasteiger partial charge in [0.1, 0.15) is 11.7 Å². The van der Waals surface area contributed by atoms with E-state index < -0.39 is 17.7 Å². The van der Waals surface area contributed by atoms with Crippen LogP contribution in [0, 0.1) is 11.6 Å². The highest BCUT2D eigenvalue weighted by Gasteiger charge is 2.31. The summed E-state index contributed by atoms with van der Waals surface area (Å²) in [5.41, 5.74) is 5.83. The zero-order valence-electron chi connectivity index (χ0n) is 10.0. The number of rotatable bonds is 2. The predicted molar refractivity (Wildman–Crippen MR) is 65.2 cm³/mol. The van der Waals surface area contributed by atoms with Gasteiger partial charge in [-0.15, -0.1) is 0 Å². The topological polar surface area (TPSA) is 58.4 Å². The molecule has 1 heterocycles. The summed E-state index contributed by atoms with van der Waals surface area (Å²) in [5, 5.41) is 2.70. The minimum atomic E-state index is -0.997. The highest BCUT2D eigenvalue weighted by molar-refractivity contribution is 5.88. The number of nitrogens with two attached hydrogens (primary N) is 1. The second-order valence-electron chi connectivity index (χ2n) is 4.21. The third-order valence-electron chi connectivity index (χ3n) is 3.10. The quantitative estimate of drug-likeness (QED) is 0.782. The number of nitrogens with zero attached hydrogens (tertiary/aromatic N) is 1. The van der Waals surface area contributed by atoms with E-state index in [9.17, 15) is 13.6 Å². The highest BCUT2D eigenvalue weighted by Crippen LogP contribution is 2.31. The summed E-state index contributed by atoms with van der Waals surface area (Å²) >= 11 is 0. The smallest absolute Gasteiger partial charge is 0.242 e. The van der Waals surface area contributed by atoms with Gasteiger partial charge in [0, 0.05) is 13.1 Å². The highest BCUT2D eigenvalue weighted by atomic mass is 19.2. The van der Waals surface area contributed by atoms with Crippen LogP contribution in [0.25, 0.3) is 0 Å². The van der Waals surface area contributed by atoms with Gasteiger partial charge in [-0.2, -0.15) is 0 Å². The number of nitrogen functional groups attached to an aromatic ring is 1. The molecule has 18 heavy (non-hydrogen) atoms. The Morgan fingerprint density at radius 3 is 2.89 bits per heavy atom. The maximum absolute atomic E-state index is 13.9. The van der Waals surface area contributed by atoms with Gasteiger partial charge in [0.15, 0.2) is 11.6 Å². The lowest BCUT2D eigenvalue weighted by molar-refractivity contribution is -0.123. The van der Waals surface area contributed by atoms with Crippen LogP contribution in [0.15, 0.2) is 12.1 Å². The van der Waals surface area contributed by atoms with Crippen LogP contribution in [0.2, 0.25) is 0 Å². The van der Waals surface area contributed by atoms with Crippen LogP contribution in [0.5, 0.6) is 0 Å². The number of benzene rings is 1. The average molecular weight is 255 g/mol. The largest absolute Gasteiger partial charge is 0.397 e. The molecule has 1 saturated heterocycles. The normalized spacial score (nSPS) is 19.8. The number of amides is 1. The van der Waals surface area contributed by atoms with Crippen molar-refractivity contribution < 1.29 is 13.6 Å². The van der Waals surface area contributed by atoms with Crippen molar-refractivity contribution in [2.75, 3.05) is 23.7 Å². The van der Waals surface area contributed by atoms with Gasteiger partial charge in [0.2, 0.25) is 5.91 Å². The zero-order chi connectivity index (χ0) is 13.3. The molecule has 1 aliphatic heterocycles. The first-order valence-electron chi connectivity index (χ1n) is 5.84. The van der Waals surface area contributed by atoms with Gasteiger partial charge in [-0.3, -0.25) is 4.79 Å². The van der Waals surface area contributed by atoms with E-state index in [1.54, 1.807) is 0 Å². The molecule has 0 spiro atoms. The first kappa shape index (κ1) is 12.6. The summed E-state index contributed by atoms with van der Waals surface area (Å²) in [4.78, 5) is 13.2. The molecule has 98 valence electrons. The molecule has 4 nitrogen and oxygen atoms in total. The first-order valence-corrected chi connectivity index (χ1v) is 5.84. The Morgan fingerprint density at radius 2 is 2.22 bits per heavy atom. The molecular weight excluding hydrogens is 240 g/mol. The molecule has 1 aromatic carbocycles. The second kappa shape index (κ2) is 4.80. The summed E-state index contributed by atoms with van der Waals surface area (Å²) in [7, 11) is 0. The minimum absolute atomic E-state index is 0.0169. The van der Waals surface area contributed by atoms with E-state index in [0.717, 1.165) is 6.07 Å². The van der Waals surface area contributed by atoms with Crippen molar-refractivity contribution >= 4 is 17.3 Å². The van der Waals surface area contributed by atoms with Gasteiger partial charge < -0.3 is 16.0 Å². The molecule has 0 aliphatic carbocycles. The lowest BCUT2D eigenvalue weighted by Gasteiger charge is -2.37. The number of hydrogen-bond acceptors (Lipinski definition) is 3. The van der Waals surface area contributed by atoms with Crippen LogP contribution < -0.4 is 16.0 Å². The average Bonchev–Trinajstić information content (AvgIpc) is 2.35. The Bertz CT molecular complexity index is 479. The van der Waals surface area contributed by atoms with Crippen molar-refractivity contribution in [3.63, 3.8) is 0 Å². The number of anilines is 2. The van der Waals surface area contributed by atoms with Crippen LogP contribution in [-0.4, -0.2) is 25.0 Å². The maximum Gasteiger partial charge on any atom is 0.242 e. The lowest BCUT2D eigenvalue weighted by atomic mass is 10.1. The van der Waals surface area contributed by atoms with Crippen LogP contribution in [-0.2, 0) is 4.79 Å². The van der Waals surface area contributed by atoms with Crippen molar-refractivity contribution in [3.8, 4) is 0 Å². The second-order valence-corrected chi connectivity index (χ2v) is 4.21. The Labute approximate surface area is 104 Å². The molecule has 3 N–H and O–H groups in total. The van der Waals surface area contributed by atoms with Gasteiger partial charge in [0.05, 0.1) is 5.69 Å². The van der Waals surface area contributed by atoms with Crippen molar-refractivity contribution in [1.82, 2.24) is 5.32 Å². The lowest BCUT2D eigenvalue weighted by Crippen LogP contribution is -2.55. The third-order valence-corrected chi connectivity index (χ3v) is 3.10. The first-order chi connectivity index (χ1) is 8.56. The number of halogens is 2. The van der Waals surface area contributed by atoms with E-state index in [-0.39, 0.29) is 17.3 Å². The third kappa shape index (κ3) is 1.98. The Balaban J connectivity index is 2.46. The molecule has 1 amide bonds. The van der Waals surface area contributed by atoms with Gasteiger partial charge in [-0.1, -0.05) is 6.92 Å². The fourth-order valence-electron chi connectivity index (χ4n) is 2.23. The fourth-order valence-corrected chi connectivity index (χ4v) is 2.23. The molecule has 1 aromatic rings. The zero-order valence-corrected chi connectivity index (χ0v) is 10.0. The molecule has 1 atom stereocenters. The number of hydrogen-bond donors (Lipinski definition) is 2. The van der Waals surface area contributed by atoms with E-state index in [1.807, 2.05) is 6.92 Å². The van der Waals surface area contributed by atoms with Crippen molar-refractivity contribution in [3.05, 3.63) is 23.8 Å². The Morgan fingerprint density at radius 1 is 1.50 bits per heavy atom. The summed E-state index contributed by atoms with van der Waals surface area (Å²) in [6.45, 7) is 2.62. The van der Waals surface area contributed by atoms with Gasteiger partial charge in [0.25, 0.3) is 0 Å². The van der Waals surface area contributed by atoms with Crippen LogP contribution in [0.4, 0.5) is 20.2 Å². The molecule has 1 unspecified atom stereocenters. The Hall–Kier alpha value is -1.85. The number of piperazine rings is 1. The fraction of sp³-hybridized carbons (Fsp3) is 0.417. The van der Waals surface area contributed by atoms with Crippen molar-refractivity contribution in [2.45, 2.75) is 19.4 Å². The molecule has 0 saturated carbocycles. The standard InChI is InChI=1S/C12H15F2N3O/c1-2-9-12(18)16-5-6-17(9)11-8(15)4-3-7(13)10(11)14/h3-4,9H,2,5-6,15H2,1H3,(H,16,18). The molecule has 1 fully saturated rings. The van der Waals surface area contributed by atoms with Crippen LogP contribution in [0.3, 0.4) is 0 Å².